The molecule has 0 unspecified atom stereocenters. The van der Waals surface area contributed by atoms with Crippen molar-refractivity contribution in [3.8, 4) is 6.07 Å². The Balaban J connectivity index is 1.80. The van der Waals surface area contributed by atoms with Crippen molar-refractivity contribution in [2.75, 3.05) is 4.90 Å². The summed E-state index contributed by atoms with van der Waals surface area (Å²) in [6.45, 7) is 1.94. The lowest BCUT2D eigenvalue weighted by molar-refractivity contribution is -0.137. The monoisotopic (exact) mass is 434 g/mol. The highest BCUT2D eigenvalue weighted by Gasteiger charge is 2.30. The molecule has 0 aliphatic heterocycles. The number of carbonyl (C=O) groups excluding carboxylic acids is 1. The molecule has 0 aromatic heterocycles. The maximum absolute atomic E-state index is 13.0. The van der Waals surface area contributed by atoms with Crippen LogP contribution >= 0.6 is 0 Å². The van der Waals surface area contributed by atoms with E-state index >= 15 is 0 Å². The van der Waals surface area contributed by atoms with Crippen LogP contribution in [0.4, 0.5) is 18.9 Å². The SMILES string of the molecule is Cc1cc(/C=C/CC(=O)N(Cc2ccccc2)c2ccc(C#N)cc2)cc(C(F)(F)F)c1. The molecule has 0 aliphatic carbocycles. The number of nitrogens with zero attached hydrogens (tertiary/aromatic N) is 2. The first-order valence-corrected chi connectivity index (χ1v) is 9.96. The van der Waals surface area contributed by atoms with Gasteiger partial charge < -0.3 is 4.90 Å². The molecule has 3 aromatic rings. The quantitative estimate of drug-likeness (QED) is 0.443. The Labute approximate surface area is 185 Å². The van der Waals surface area contributed by atoms with Crippen LogP contribution in [0.1, 0.15) is 34.2 Å². The third-order valence-electron chi connectivity index (χ3n) is 4.82. The highest BCUT2D eigenvalue weighted by atomic mass is 19.4. The average Bonchev–Trinajstić information content (AvgIpc) is 2.77. The normalized spacial score (nSPS) is 11.3. The molecule has 0 aliphatic rings. The number of amides is 1. The van der Waals surface area contributed by atoms with E-state index in [1.165, 1.54) is 6.08 Å². The smallest absolute Gasteiger partial charge is 0.308 e. The summed E-state index contributed by atoms with van der Waals surface area (Å²) < 4.78 is 39.1. The van der Waals surface area contributed by atoms with Crippen LogP contribution in [0.3, 0.4) is 0 Å². The number of anilines is 1. The summed E-state index contributed by atoms with van der Waals surface area (Å²) >= 11 is 0. The minimum Gasteiger partial charge on any atom is -0.308 e. The number of carbonyl (C=O) groups is 1. The van der Waals surface area contributed by atoms with E-state index in [4.69, 9.17) is 5.26 Å². The second kappa shape index (κ2) is 9.97. The molecule has 3 aromatic carbocycles. The van der Waals surface area contributed by atoms with Gasteiger partial charge in [0.2, 0.25) is 5.91 Å². The van der Waals surface area contributed by atoms with E-state index in [1.54, 1.807) is 48.2 Å². The Kier molecular flexibility index (Phi) is 7.11. The van der Waals surface area contributed by atoms with Crippen molar-refractivity contribution in [2.24, 2.45) is 0 Å². The highest BCUT2D eigenvalue weighted by Crippen LogP contribution is 2.31. The summed E-state index contributed by atoms with van der Waals surface area (Å²) in [6, 6.07) is 22.0. The van der Waals surface area contributed by atoms with Gasteiger partial charge in [-0.2, -0.15) is 18.4 Å². The van der Waals surface area contributed by atoms with Crippen LogP contribution in [0, 0.1) is 18.3 Å². The number of hydrogen-bond acceptors (Lipinski definition) is 2. The van der Waals surface area contributed by atoms with E-state index in [1.807, 2.05) is 36.4 Å². The van der Waals surface area contributed by atoms with Gasteiger partial charge in [-0.25, -0.2) is 0 Å². The van der Waals surface area contributed by atoms with Crippen LogP contribution in [0.25, 0.3) is 6.08 Å². The fraction of sp³-hybridized carbons (Fsp3) is 0.154. The van der Waals surface area contributed by atoms with Crippen LogP contribution in [0.15, 0.2) is 78.9 Å². The summed E-state index contributed by atoms with van der Waals surface area (Å²) in [7, 11) is 0. The first kappa shape index (κ1) is 22.8. The standard InChI is InChI=1S/C26H21F3N2O/c1-19-14-22(16-23(15-19)26(27,28)29)8-5-9-25(32)31(18-21-6-3-2-4-7-21)24-12-10-20(17-30)11-13-24/h2-8,10-16H,9,18H2,1H3/b8-5+. The zero-order valence-corrected chi connectivity index (χ0v) is 17.4. The van der Waals surface area contributed by atoms with E-state index in [2.05, 4.69) is 0 Å². The molecule has 3 nitrogen and oxygen atoms in total. The van der Waals surface area contributed by atoms with Crippen LogP contribution < -0.4 is 4.90 Å². The Morgan fingerprint density at radius 1 is 1.03 bits per heavy atom. The molecular weight excluding hydrogens is 413 g/mol. The van der Waals surface area contributed by atoms with Crippen LogP contribution in [0.5, 0.6) is 0 Å². The largest absolute Gasteiger partial charge is 0.416 e. The van der Waals surface area contributed by atoms with Crippen molar-refractivity contribution in [1.82, 2.24) is 0 Å². The lowest BCUT2D eigenvalue weighted by Gasteiger charge is -2.23. The summed E-state index contributed by atoms with van der Waals surface area (Å²) in [5.74, 6) is -0.210. The van der Waals surface area contributed by atoms with Gasteiger partial charge in [0, 0.05) is 12.1 Å². The van der Waals surface area contributed by atoms with Gasteiger partial charge in [-0.15, -0.1) is 0 Å². The van der Waals surface area contributed by atoms with Gasteiger partial charge in [-0.3, -0.25) is 4.79 Å². The van der Waals surface area contributed by atoms with Crippen molar-refractivity contribution in [1.29, 1.82) is 5.26 Å². The Bertz CT molecular complexity index is 1140. The van der Waals surface area contributed by atoms with E-state index < -0.39 is 11.7 Å². The predicted molar refractivity (Wildman–Crippen MR) is 119 cm³/mol. The Hall–Kier alpha value is -3.85. The van der Waals surface area contributed by atoms with E-state index in [0.717, 1.165) is 17.7 Å². The molecule has 0 atom stereocenters. The van der Waals surface area contributed by atoms with Crippen molar-refractivity contribution in [2.45, 2.75) is 26.1 Å². The van der Waals surface area contributed by atoms with Gasteiger partial charge in [0.1, 0.15) is 0 Å². The molecule has 0 bridgehead atoms. The summed E-state index contributed by atoms with van der Waals surface area (Å²) in [5, 5.41) is 9.02. The number of aryl methyl sites for hydroxylation is 1. The topological polar surface area (TPSA) is 44.1 Å². The number of alkyl halides is 3. The molecule has 1 amide bonds. The van der Waals surface area contributed by atoms with Crippen molar-refractivity contribution in [3.63, 3.8) is 0 Å². The third-order valence-corrected chi connectivity index (χ3v) is 4.82. The fourth-order valence-corrected chi connectivity index (χ4v) is 3.28. The highest BCUT2D eigenvalue weighted by molar-refractivity contribution is 5.94. The fourth-order valence-electron chi connectivity index (χ4n) is 3.28. The van der Waals surface area contributed by atoms with E-state index in [0.29, 0.717) is 28.9 Å². The average molecular weight is 434 g/mol. The minimum atomic E-state index is -4.42. The summed E-state index contributed by atoms with van der Waals surface area (Å²) in [4.78, 5) is 14.6. The predicted octanol–water partition coefficient (Wildman–Crippen LogP) is 6.52. The van der Waals surface area contributed by atoms with Gasteiger partial charge in [0.15, 0.2) is 0 Å². The number of halogens is 3. The molecular formula is C26H21F3N2O. The molecule has 0 fully saturated rings. The molecule has 6 heteroatoms. The van der Waals surface area contributed by atoms with Gasteiger partial charge >= 0.3 is 6.18 Å². The Morgan fingerprint density at radius 3 is 2.34 bits per heavy atom. The molecule has 3 rings (SSSR count). The van der Waals surface area contributed by atoms with Gasteiger partial charge in [0.05, 0.1) is 23.7 Å². The molecule has 0 saturated carbocycles. The van der Waals surface area contributed by atoms with Crippen LogP contribution in [-0.4, -0.2) is 5.91 Å². The van der Waals surface area contributed by atoms with Crippen LogP contribution in [-0.2, 0) is 17.5 Å². The second-order valence-electron chi connectivity index (χ2n) is 7.36. The first-order valence-electron chi connectivity index (χ1n) is 9.96. The molecule has 0 heterocycles. The number of benzene rings is 3. The molecule has 0 radical (unpaired) electrons. The molecule has 32 heavy (non-hydrogen) atoms. The molecule has 162 valence electrons. The van der Waals surface area contributed by atoms with Crippen LogP contribution in [0.2, 0.25) is 0 Å². The molecule has 0 N–H and O–H groups in total. The van der Waals surface area contributed by atoms with Gasteiger partial charge in [0.25, 0.3) is 0 Å². The summed E-state index contributed by atoms with van der Waals surface area (Å²) in [5.41, 5.74) is 2.23. The molecule has 0 spiro atoms. The number of nitriles is 1. The Morgan fingerprint density at radius 2 is 1.72 bits per heavy atom. The third kappa shape index (κ3) is 6.08. The molecule has 0 saturated heterocycles. The van der Waals surface area contributed by atoms with Gasteiger partial charge in [-0.05, 0) is 60.0 Å². The maximum Gasteiger partial charge on any atom is 0.416 e. The maximum atomic E-state index is 13.0. The zero-order chi connectivity index (χ0) is 23.1. The lowest BCUT2D eigenvalue weighted by Crippen LogP contribution is -2.29. The number of rotatable bonds is 6. The lowest BCUT2D eigenvalue weighted by atomic mass is 10.1. The van der Waals surface area contributed by atoms with Crippen molar-refractivity contribution >= 4 is 17.7 Å². The van der Waals surface area contributed by atoms with E-state index in [-0.39, 0.29) is 12.3 Å². The number of hydrogen-bond donors (Lipinski definition) is 0. The second-order valence-corrected chi connectivity index (χ2v) is 7.36. The van der Waals surface area contributed by atoms with E-state index in [9.17, 15) is 18.0 Å². The van der Waals surface area contributed by atoms with Crippen molar-refractivity contribution < 1.29 is 18.0 Å². The van der Waals surface area contributed by atoms with Gasteiger partial charge in [-0.1, -0.05) is 48.6 Å². The van der Waals surface area contributed by atoms with Crippen molar-refractivity contribution in [3.05, 3.63) is 107 Å². The zero-order valence-electron chi connectivity index (χ0n) is 17.4. The minimum absolute atomic E-state index is 0.0160. The summed E-state index contributed by atoms with van der Waals surface area (Å²) in [6.07, 6.45) is -1.31. The first-order chi connectivity index (χ1) is 15.3.